The number of aliphatic hydroxyl groups excluding tert-OH is 2. The van der Waals surface area contributed by atoms with Crippen LogP contribution in [0.1, 0.15) is 6.23 Å². The molecule has 18 heteroatoms. The largest absolute Gasteiger partial charge is 0.481 e. The van der Waals surface area contributed by atoms with E-state index in [0.29, 0.717) is 5.16 Å². The van der Waals surface area contributed by atoms with E-state index in [1.165, 1.54) is 22.7 Å². The first-order valence-electron chi connectivity index (χ1n) is 7.71. The minimum atomic E-state index is -5.30. The Morgan fingerprint density at radius 1 is 1.28 bits per heavy atom. The molecule has 5 atom stereocenters. The molecule has 0 aromatic carbocycles. The molecule has 0 aliphatic carbocycles. The summed E-state index contributed by atoms with van der Waals surface area (Å²) in [4.78, 5) is 38.8. The summed E-state index contributed by atoms with van der Waals surface area (Å²) in [6.45, 7) is -0.817. The van der Waals surface area contributed by atoms with Crippen molar-refractivity contribution in [2.45, 2.75) is 29.7 Å². The van der Waals surface area contributed by atoms with Crippen LogP contribution in [-0.2, 0) is 22.7 Å². The maximum Gasteiger partial charge on any atom is 0.481 e. The zero-order valence-corrected chi connectivity index (χ0v) is 17.1. The number of imidazole rings is 1. The lowest BCUT2D eigenvalue weighted by Crippen LogP contribution is -2.33. The highest BCUT2D eigenvalue weighted by atomic mass is 32.2. The zero-order valence-electron chi connectivity index (χ0n) is 14.5. The summed E-state index contributed by atoms with van der Waals surface area (Å²) in [6.07, 6.45) is -2.66. The number of nitrogen functional groups attached to an aromatic ring is 1. The normalized spacial score (nSPS) is 27.4. The predicted octanol–water partition coefficient (Wildman–Crippen LogP) is -1.02. The number of phosphoric ester groups is 1. The number of thioether (sulfide) groups is 1. The number of ether oxygens (including phenoxy) is 1. The highest BCUT2D eigenvalue weighted by molar-refractivity contribution is 7.98. The van der Waals surface area contributed by atoms with Crippen molar-refractivity contribution in [3.63, 3.8) is 0 Å². The number of aromatic nitrogens is 4. The van der Waals surface area contributed by atoms with Gasteiger partial charge in [0.2, 0.25) is 0 Å². The van der Waals surface area contributed by atoms with Crippen LogP contribution in [0.2, 0.25) is 0 Å². The van der Waals surface area contributed by atoms with E-state index in [1.54, 1.807) is 6.26 Å². The summed E-state index contributed by atoms with van der Waals surface area (Å²) >= 11 is 1.22. The Balaban J connectivity index is 1.80. The molecule has 1 saturated heterocycles. The Kier molecular flexibility index (Phi) is 6.34. The number of phosphoric acid groups is 2. The number of nitrogens with zero attached hydrogens (tertiary/aromatic N) is 4. The van der Waals surface area contributed by atoms with Crippen molar-refractivity contribution in [1.82, 2.24) is 19.5 Å². The first-order valence-corrected chi connectivity index (χ1v) is 12.0. The molecule has 1 fully saturated rings. The van der Waals surface area contributed by atoms with Crippen molar-refractivity contribution < 1.29 is 47.6 Å². The molecule has 1 aliphatic rings. The van der Waals surface area contributed by atoms with Gasteiger partial charge in [-0.15, -0.1) is 0 Å². The van der Waals surface area contributed by atoms with E-state index >= 15 is 0 Å². The fraction of sp³-hybridized carbons (Fsp3) is 0.545. The molecule has 0 spiro atoms. The summed E-state index contributed by atoms with van der Waals surface area (Å²) in [5, 5.41) is 20.8. The van der Waals surface area contributed by atoms with Gasteiger partial charge < -0.3 is 35.4 Å². The van der Waals surface area contributed by atoms with Crippen LogP contribution in [0.4, 0.5) is 5.82 Å². The smallest absolute Gasteiger partial charge is 0.387 e. The second-order valence-electron chi connectivity index (χ2n) is 5.80. The Morgan fingerprint density at radius 2 is 1.97 bits per heavy atom. The molecule has 1 aliphatic heterocycles. The van der Waals surface area contributed by atoms with Crippen LogP contribution in [0.15, 0.2) is 11.5 Å². The molecular formula is C11H17N5O10P2S. The molecule has 3 rings (SSSR count). The van der Waals surface area contributed by atoms with Gasteiger partial charge in [0.05, 0.1) is 12.9 Å². The third-order valence-corrected chi connectivity index (χ3v) is 6.53. The van der Waals surface area contributed by atoms with Gasteiger partial charge in [-0.2, -0.15) is 4.31 Å². The van der Waals surface area contributed by atoms with E-state index < -0.39 is 46.8 Å². The highest BCUT2D eigenvalue weighted by Crippen LogP contribution is 2.57. The lowest BCUT2D eigenvalue weighted by molar-refractivity contribution is -0.0503. The summed E-state index contributed by atoms with van der Waals surface area (Å²) in [5.41, 5.74) is 6.29. The number of aliphatic hydroxyl groups is 2. The minimum Gasteiger partial charge on any atom is -0.387 e. The topological polar surface area (TPSA) is 233 Å². The van der Waals surface area contributed by atoms with Crippen LogP contribution < -0.4 is 5.73 Å². The van der Waals surface area contributed by atoms with Gasteiger partial charge in [0.25, 0.3) is 0 Å². The molecule has 29 heavy (non-hydrogen) atoms. The van der Waals surface area contributed by atoms with Crippen LogP contribution in [0.3, 0.4) is 0 Å². The van der Waals surface area contributed by atoms with Crippen LogP contribution in [-0.4, -0.2) is 75.6 Å². The number of rotatable bonds is 7. The summed E-state index contributed by atoms with van der Waals surface area (Å²) in [6, 6.07) is 0. The van der Waals surface area contributed by atoms with E-state index in [-0.39, 0.29) is 17.0 Å². The van der Waals surface area contributed by atoms with E-state index in [0.717, 1.165) is 0 Å². The van der Waals surface area contributed by atoms with Crippen LogP contribution in [0.5, 0.6) is 0 Å². The Morgan fingerprint density at radius 3 is 2.59 bits per heavy atom. The van der Waals surface area contributed by atoms with Gasteiger partial charge >= 0.3 is 15.6 Å². The van der Waals surface area contributed by atoms with Crippen molar-refractivity contribution in [2.24, 2.45) is 0 Å². The highest BCUT2D eigenvalue weighted by Gasteiger charge is 2.46. The SMILES string of the molecule is CSc1nc(N)c2ncn([C@H]3O[C@H](COP(=O)(O)OP(=O)(O)O)[C@@H](O)[C@@H]3O)c2n1. The van der Waals surface area contributed by atoms with Gasteiger partial charge in [-0.3, -0.25) is 9.09 Å². The third-order valence-electron chi connectivity index (χ3n) is 3.83. The van der Waals surface area contributed by atoms with Gasteiger partial charge in [-0.25, -0.2) is 24.1 Å². The Hall–Kier alpha value is -1.16. The lowest BCUT2D eigenvalue weighted by Gasteiger charge is -2.17. The monoisotopic (exact) mass is 473 g/mol. The minimum absolute atomic E-state index is 0.0989. The molecule has 3 heterocycles. The molecule has 1 unspecified atom stereocenters. The van der Waals surface area contributed by atoms with Crippen LogP contribution >= 0.6 is 27.4 Å². The van der Waals surface area contributed by atoms with Crippen molar-refractivity contribution >= 4 is 44.4 Å². The molecule has 7 N–H and O–H groups in total. The fourth-order valence-electron chi connectivity index (χ4n) is 2.62. The summed E-state index contributed by atoms with van der Waals surface area (Å²) < 4.78 is 37.1. The maximum atomic E-state index is 11.5. The zero-order chi connectivity index (χ0) is 21.6. The third kappa shape index (κ3) is 4.95. The second-order valence-corrected chi connectivity index (χ2v) is 9.41. The average Bonchev–Trinajstić information content (AvgIpc) is 3.13. The van der Waals surface area contributed by atoms with Gasteiger partial charge in [-0.1, -0.05) is 11.8 Å². The predicted molar refractivity (Wildman–Crippen MR) is 96.3 cm³/mol. The molecule has 0 bridgehead atoms. The number of hydrogen-bond donors (Lipinski definition) is 6. The average molecular weight is 473 g/mol. The van der Waals surface area contributed by atoms with Gasteiger partial charge in [0.1, 0.15) is 23.8 Å². The number of hydrogen-bond acceptors (Lipinski definition) is 12. The molecule has 0 amide bonds. The molecule has 2 aromatic rings. The van der Waals surface area contributed by atoms with Gasteiger partial charge in [0, 0.05) is 0 Å². The molecule has 0 radical (unpaired) electrons. The molecule has 2 aromatic heterocycles. The van der Waals surface area contributed by atoms with Crippen LogP contribution in [0.25, 0.3) is 11.2 Å². The van der Waals surface area contributed by atoms with E-state index in [9.17, 15) is 24.2 Å². The number of fused-ring (bicyclic) bond motifs is 1. The maximum absolute atomic E-state index is 11.5. The van der Waals surface area contributed by atoms with Crippen molar-refractivity contribution in [1.29, 1.82) is 0 Å². The Labute approximate surface area is 166 Å². The van der Waals surface area contributed by atoms with E-state index in [4.69, 9.17) is 20.3 Å². The van der Waals surface area contributed by atoms with E-state index in [2.05, 4.69) is 23.8 Å². The molecular weight excluding hydrogens is 456 g/mol. The van der Waals surface area contributed by atoms with E-state index in [1.807, 2.05) is 0 Å². The van der Waals surface area contributed by atoms with Gasteiger partial charge in [0.15, 0.2) is 22.8 Å². The van der Waals surface area contributed by atoms with Crippen molar-refractivity contribution in [3.8, 4) is 0 Å². The van der Waals surface area contributed by atoms with Crippen molar-refractivity contribution in [2.75, 3.05) is 18.6 Å². The number of nitrogens with two attached hydrogens (primary N) is 1. The Bertz CT molecular complexity index is 1000. The molecule has 15 nitrogen and oxygen atoms in total. The van der Waals surface area contributed by atoms with Gasteiger partial charge in [-0.05, 0) is 6.26 Å². The molecule has 162 valence electrons. The first kappa shape index (κ1) is 22.5. The summed E-state index contributed by atoms with van der Waals surface area (Å²) in [7, 11) is -10.4. The quantitative estimate of drug-likeness (QED) is 0.160. The standard InChI is InChI=1S/C11H17N5O10P2S/c1-29-11-14-8(12)5-9(15-11)16(3-13-5)10-7(18)6(17)4(25-10)2-24-28(22,23)26-27(19,20)21/h3-4,6-7,10,17-18H,2H2,1H3,(H,22,23)(H2,12,14,15)(H2,19,20,21)/t4-,6-,7+,10+/m1/s1. The van der Waals surface area contributed by atoms with Crippen LogP contribution in [0, 0.1) is 0 Å². The first-order chi connectivity index (χ1) is 13.4. The van der Waals surface area contributed by atoms with Crippen molar-refractivity contribution in [3.05, 3.63) is 6.33 Å². The second kappa shape index (κ2) is 8.17. The fourth-order valence-corrected chi connectivity index (χ4v) is 4.58. The number of anilines is 1. The lowest BCUT2D eigenvalue weighted by atomic mass is 10.1. The summed E-state index contributed by atoms with van der Waals surface area (Å²) in [5.74, 6) is 0.0989. The molecule has 0 saturated carbocycles.